The highest BCUT2D eigenvalue weighted by Crippen LogP contribution is 2.36. The Balaban J connectivity index is 1.46. The number of fused-ring (bicyclic) bond motifs is 2. The van der Waals surface area contributed by atoms with Gasteiger partial charge in [0.1, 0.15) is 41.7 Å². The average Bonchev–Trinajstić information content (AvgIpc) is 3.55. The SMILES string of the molecule is CCS(C)(=O)=NC(=O)c1cn2ncnc(Nc3ccc(F)cc3O[C@@H]3CO[C@H]4[C@@H]3OC[C@H]4OC)c2c1C. The van der Waals surface area contributed by atoms with E-state index in [1.54, 1.807) is 21.0 Å². The highest BCUT2D eigenvalue weighted by atomic mass is 32.2. The zero-order valence-corrected chi connectivity index (χ0v) is 21.7. The first-order valence-corrected chi connectivity index (χ1v) is 13.9. The van der Waals surface area contributed by atoms with E-state index in [4.69, 9.17) is 18.9 Å². The van der Waals surface area contributed by atoms with E-state index in [1.807, 2.05) is 0 Å². The summed E-state index contributed by atoms with van der Waals surface area (Å²) in [5.74, 6) is -0.183. The maximum absolute atomic E-state index is 14.2. The molecule has 0 radical (unpaired) electrons. The van der Waals surface area contributed by atoms with Crippen molar-refractivity contribution < 1.29 is 32.3 Å². The van der Waals surface area contributed by atoms with Crippen LogP contribution in [0.5, 0.6) is 5.75 Å². The first kappa shape index (κ1) is 25.5. The summed E-state index contributed by atoms with van der Waals surface area (Å²) >= 11 is 0. The van der Waals surface area contributed by atoms with Gasteiger partial charge in [0.05, 0.1) is 34.2 Å². The number of hydrogen-bond donors (Lipinski definition) is 1. The van der Waals surface area contributed by atoms with Crippen molar-refractivity contribution in [1.82, 2.24) is 14.6 Å². The van der Waals surface area contributed by atoms with Crippen molar-refractivity contribution in [2.24, 2.45) is 4.36 Å². The van der Waals surface area contributed by atoms with E-state index in [-0.39, 0.29) is 42.0 Å². The summed E-state index contributed by atoms with van der Waals surface area (Å²) in [5, 5.41) is 7.38. The molecule has 2 aliphatic rings. The number of anilines is 2. The van der Waals surface area contributed by atoms with Crippen LogP contribution in [0, 0.1) is 12.7 Å². The monoisotopic (exact) mass is 533 g/mol. The number of aryl methyl sites for hydroxylation is 1. The molecule has 0 bridgehead atoms. The molecule has 11 nitrogen and oxygen atoms in total. The second-order valence-corrected chi connectivity index (χ2v) is 11.7. The van der Waals surface area contributed by atoms with Gasteiger partial charge < -0.3 is 24.3 Å². The Morgan fingerprint density at radius 3 is 2.76 bits per heavy atom. The van der Waals surface area contributed by atoms with Crippen molar-refractivity contribution >= 4 is 32.7 Å². The van der Waals surface area contributed by atoms with Crippen molar-refractivity contribution in [3.05, 3.63) is 47.7 Å². The quantitative estimate of drug-likeness (QED) is 0.488. The Morgan fingerprint density at radius 1 is 1.30 bits per heavy atom. The van der Waals surface area contributed by atoms with Crippen LogP contribution in [0.3, 0.4) is 0 Å². The van der Waals surface area contributed by atoms with Gasteiger partial charge in [0.2, 0.25) is 0 Å². The Labute approximate surface area is 213 Å². The molecular formula is C24H28FN5O6S. The molecule has 37 heavy (non-hydrogen) atoms. The van der Waals surface area contributed by atoms with E-state index in [0.29, 0.717) is 29.2 Å². The number of nitrogens with one attached hydrogen (secondary N) is 1. The lowest BCUT2D eigenvalue weighted by molar-refractivity contribution is -0.0138. The number of amides is 1. The Bertz CT molecular complexity index is 1470. The van der Waals surface area contributed by atoms with Gasteiger partial charge in [0.25, 0.3) is 5.91 Å². The van der Waals surface area contributed by atoms with Crippen molar-refractivity contribution in [3.63, 3.8) is 0 Å². The van der Waals surface area contributed by atoms with Gasteiger partial charge in [0.15, 0.2) is 11.9 Å². The molecule has 1 amide bonds. The third-order valence-corrected chi connectivity index (χ3v) is 8.23. The normalized spacial score (nSPS) is 24.6. The van der Waals surface area contributed by atoms with Crippen molar-refractivity contribution in [3.8, 4) is 5.75 Å². The summed E-state index contributed by atoms with van der Waals surface area (Å²) in [4.78, 5) is 17.1. The molecule has 3 aromatic rings. The molecule has 2 fully saturated rings. The summed E-state index contributed by atoms with van der Waals surface area (Å²) in [7, 11) is -1.03. The number of nitrogens with zero attached hydrogens (tertiary/aromatic N) is 4. The molecule has 0 spiro atoms. The molecule has 198 valence electrons. The van der Waals surface area contributed by atoms with E-state index in [2.05, 4.69) is 19.8 Å². The number of aromatic nitrogens is 3. The lowest BCUT2D eigenvalue weighted by Crippen LogP contribution is -2.35. The lowest BCUT2D eigenvalue weighted by atomic mass is 10.1. The standard InChI is InChI=1S/C24H28FN5O6S/c1-5-37(4,32)29-24(31)15-9-30-20(13(15)2)23(26-12-27-30)28-16-7-6-14(25)8-17(16)36-19-11-35-21-18(33-3)10-34-22(19)21/h6-9,12,18-19,21-22H,5,10-11H2,1-4H3,(H,26,27,28)/t18-,19-,21-,22-,37?/m1/s1. The maximum atomic E-state index is 14.2. The van der Waals surface area contributed by atoms with Crippen LogP contribution < -0.4 is 10.1 Å². The number of halogens is 1. The number of rotatable bonds is 7. The zero-order valence-electron chi connectivity index (χ0n) is 20.8. The van der Waals surface area contributed by atoms with Crippen LogP contribution in [-0.2, 0) is 23.9 Å². The van der Waals surface area contributed by atoms with Gasteiger partial charge in [-0.1, -0.05) is 6.92 Å². The topological polar surface area (TPSA) is 126 Å². The molecule has 2 saturated heterocycles. The molecule has 1 aromatic carbocycles. The van der Waals surface area contributed by atoms with Gasteiger partial charge in [-0.05, 0) is 24.6 Å². The molecule has 5 atom stereocenters. The van der Waals surface area contributed by atoms with Crippen LogP contribution in [-0.4, -0.2) is 81.5 Å². The molecule has 1 N–H and O–H groups in total. The Hall–Kier alpha value is -3.13. The van der Waals surface area contributed by atoms with Crippen LogP contribution >= 0.6 is 0 Å². The van der Waals surface area contributed by atoms with Crippen LogP contribution in [0.15, 0.2) is 35.1 Å². The van der Waals surface area contributed by atoms with Crippen LogP contribution in [0.25, 0.3) is 5.52 Å². The van der Waals surface area contributed by atoms with Gasteiger partial charge >= 0.3 is 0 Å². The lowest BCUT2D eigenvalue weighted by Gasteiger charge is -2.20. The molecule has 13 heteroatoms. The van der Waals surface area contributed by atoms with Crippen molar-refractivity contribution in [2.75, 3.05) is 37.6 Å². The maximum Gasteiger partial charge on any atom is 0.286 e. The minimum Gasteiger partial charge on any atom is -0.483 e. The Morgan fingerprint density at radius 2 is 2.03 bits per heavy atom. The van der Waals surface area contributed by atoms with Crippen LogP contribution in [0.1, 0.15) is 22.8 Å². The molecule has 1 unspecified atom stereocenters. The van der Waals surface area contributed by atoms with Crippen molar-refractivity contribution in [1.29, 1.82) is 0 Å². The van der Waals surface area contributed by atoms with Crippen molar-refractivity contribution in [2.45, 2.75) is 38.3 Å². The van der Waals surface area contributed by atoms with Crippen LogP contribution in [0.2, 0.25) is 0 Å². The third kappa shape index (κ3) is 4.91. The molecule has 4 heterocycles. The van der Waals surface area contributed by atoms with E-state index >= 15 is 0 Å². The summed E-state index contributed by atoms with van der Waals surface area (Å²) < 4.78 is 55.2. The number of benzene rings is 1. The molecule has 0 saturated carbocycles. The van der Waals surface area contributed by atoms with Crippen LogP contribution in [0.4, 0.5) is 15.9 Å². The second kappa shape index (κ2) is 9.97. The van der Waals surface area contributed by atoms with E-state index in [9.17, 15) is 13.4 Å². The van der Waals surface area contributed by atoms with Gasteiger partial charge in [-0.25, -0.2) is 18.1 Å². The number of ether oxygens (including phenoxy) is 4. The predicted molar refractivity (Wildman–Crippen MR) is 133 cm³/mol. The number of carbonyl (C=O) groups is 1. The highest BCUT2D eigenvalue weighted by Gasteiger charge is 2.49. The van der Waals surface area contributed by atoms with E-state index in [0.717, 1.165) is 0 Å². The molecular weight excluding hydrogens is 505 g/mol. The summed E-state index contributed by atoms with van der Waals surface area (Å²) in [6.45, 7) is 4.11. The fourth-order valence-electron chi connectivity index (χ4n) is 4.48. The van der Waals surface area contributed by atoms with Gasteiger partial charge in [0, 0.05) is 31.4 Å². The first-order chi connectivity index (χ1) is 17.7. The summed E-state index contributed by atoms with van der Waals surface area (Å²) in [5.41, 5.74) is 1.79. The molecule has 0 aliphatic carbocycles. The highest BCUT2D eigenvalue weighted by molar-refractivity contribution is 7.93. The minimum atomic E-state index is -2.63. The van der Waals surface area contributed by atoms with Gasteiger partial charge in [-0.3, -0.25) is 4.79 Å². The zero-order chi connectivity index (χ0) is 26.3. The summed E-state index contributed by atoms with van der Waals surface area (Å²) in [6, 6.07) is 4.12. The fraction of sp³-hybridized carbons (Fsp3) is 0.458. The van der Waals surface area contributed by atoms with Gasteiger partial charge in [-0.2, -0.15) is 9.46 Å². The minimum absolute atomic E-state index is 0.183. The van der Waals surface area contributed by atoms with Gasteiger partial charge in [-0.15, -0.1) is 0 Å². The smallest absolute Gasteiger partial charge is 0.286 e. The Kier molecular flexibility index (Phi) is 6.88. The summed E-state index contributed by atoms with van der Waals surface area (Å²) in [6.07, 6.45) is 3.06. The molecule has 2 aliphatic heterocycles. The predicted octanol–water partition coefficient (Wildman–Crippen LogP) is 2.74. The largest absolute Gasteiger partial charge is 0.483 e. The fourth-order valence-corrected chi connectivity index (χ4v) is 5.05. The van der Waals surface area contributed by atoms with E-state index < -0.39 is 27.6 Å². The molecule has 5 rings (SSSR count). The average molecular weight is 534 g/mol. The number of methoxy groups -OCH3 is 1. The number of carbonyl (C=O) groups excluding carboxylic acids is 1. The number of hydrogen-bond acceptors (Lipinski definition) is 9. The van der Waals surface area contributed by atoms with E-state index in [1.165, 1.54) is 41.5 Å². The first-order valence-electron chi connectivity index (χ1n) is 11.8. The second-order valence-electron chi connectivity index (χ2n) is 9.01. The molecule has 2 aromatic heterocycles. The third-order valence-electron chi connectivity index (χ3n) is 6.61.